The highest BCUT2D eigenvalue weighted by molar-refractivity contribution is 6.05. The van der Waals surface area contributed by atoms with Crippen LogP contribution in [0.5, 0.6) is 0 Å². The Bertz CT molecular complexity index is 337. The van der Waals surface area contributed by atoms with E-state index in [1.165, 1.54) is 12.8 Å². The van der Waals surface area contributed by atoms with Gasteiger partial charge in [0.1, 0.15) is 5.70 Å². The predicted octanol–water partition coefficient (Wildman–Crippen LogP) is 2.36. The molecule has 2 aliphatic heterocycles. The number of rotatable bonds is 0. The third kappa shape index (κ3) is 2.29. The van der Waals surface area contributed by atoms with E-state index in [-0.39, 0.29) is 0 Å². The number of amides is 2. The molecule has 5 heteroatoms. The molecule has 0 aromatic heterocycles. The summed E-state index contributed by atoms with van der Waals surface area (Å²) in [7, 11) is 0. The van der Waals surface area contributed by atoms with Crippen LogP contribution in [0.1, 0.15) is 25.7 Å². The van der Waals surface area contributed by atoms with Crippen molar-refractivity contribution in [1.82, 2.24) is 4.90 Å². The van der Waals surface area contributed by atoms with E-state index in [1.807, 2.05) is 0 Å². The first-order valence-electron chi connectivity index (χ1n) is 5.26. The maximum absolute atomic E-state index is 11.0. The van der Waals surface area contributed by atoms with Gasteiger partial charge in [-0.15, -0.1) is 5.11 Å². The highest BCUT2D eigenvalue weighted by Crippen LogP contribution is 2.16. The van der Waals surface area contributed by atoms with Crippen LogP contribution in [-0.4, -0.2) is 29.9 Å². The molecule has 0 aliphatic carbocycles. The number of likely N-dealkylation sites (tertiary alicyclic amines) is 1. The normalized spacial score (nSPS) is 22.7. The predicted molar refractivity (Wildman–Crippen MR) is 56.9 cm³/mol. The van der Waals surface area contributed by atoms with Gasteiger partial charge in [0, 0.05) is 13.1 Å². The van der Waals surface area contributed by atoms with Gasteiger partial charge in [-0.3, -0.25) is 0 Å². The molecule has 0 N–H and O–H groups in total. The van der Waals surface area contributed by atoms with Crippen LogP contribution in [0.15, 0.2) is 27.5 Å². The summed E-state index contributed by atoms with van der Waals surface area (Å²) in [5, 5.41) is 7.06. The van der Waals surface area contributed by atoms with E-state index in [2.05, 4.69) is 26.7 Å². The number of hydrogen-bond acceptors (Lipinski definition) is 3. The first-order chi connectivity index (χ1) is 7.27. The van der Waals surface area contributed by atoms with Crippen molar-refractivity contribution in [2.24, 2.45) is 15.2 Å². The van der Waals surface area contributed by atoms with Crippen LogP contribution >= 0.6 is 0 Å². The Morgan fingerprint density at radius 2 is 1.73 bits per heavy atom. The van der Waals surface area contributed by atoms with Gasteiger partial charge >= 0.3 is 6.03 Å². The number of azo groups is 1. The van der Waals surface area contributed by atoms with E-state index < -0.39 is 6.03 Å². The van der Waals surface area contributed by atoms with Gasteiger partial charge in [0.05, 0.1) is 0 Å². The maximum Gasteiger partial charge on any atom is 0.387 e. The number of aliphatic imine (C=N–C) groups is 1. The van der Waals surface area contributed by atoms with Crippen molar-refractivity contribution in [2.75, 3.05) is 13.1 Å². The first-order valence-corrected chi connectivity index (χ1v) is 5.26. The Labute approximate surface area is 88.6 Å². The molecule has 5 nitrogen and oxygen atoms in total. The van der Waals surface area contributed by atoms with E-state index in [0.717, 1.165) is 25.9 Å². The van der Waals surface area contributed by atoms with Gasteiger partial charge < -0.3 is 4.90 Å². The highest BCUT2D eigenvalue weighted by Gasteiger charge is 2.20. The minimum Gasteiger partial charge on any atom is -0.355 e. The SMILES string of the molecule is C=C1N=NC(=O)N=C1N1CCCCCC1. The van der Waals surface area contributed by atoms with Crippen molar-refractivity contribution in [3.63, 3.8) is 0 Å². The fourth-order valence-corrected chi connectivity index (χ4v) is 1.86. The number of carbonyl (C=O) groups is 1. The second kappa shape index (κ2) is 4.33. The summed E-state index contributed by atoms with van der Waals surface area (Å²) in [5.41, 5.74) is 0.497. The largest absolute Gasteiger partial charge is 0.387 e. The molecule has 0 unspecified atom stereocenters. The molecular weight excluding hydrogens is 192 g/mol. The summed E-state index contributed by atoms with van der Waals surface area (Å²) in [6, 6.07) is -0.526. The minimum atomic E-state index is -0.526. The molecule has 1 saturated heterocycles. The van der Waals surface area contributed by atoms with Gasteiger partial charge in [-0.05, 0) is 12.8 Å². The molecule has 80 valence electrons. The lowest BCUT2D eigenvalue weighted by atomic mass is 10.2. The molecular formula is C10H14N4O. The molecule has 0 atom stereocenters. The molecule has 15 heavy (non-hydrogen) atoms. The Morgan fingerprint density at radius 1 is 1.07 bits per heavy atom. The third-order valence-electron chi connectivity index (χ3n) is 2.62. The molecule has 2 heterocycles. The van der Waals surface area contributed by atoms with Gasteiger partial charge in [0.2, 0.25) is 0 Å². The zero-order valence-electron chi connectivity index (χ0n) is 8.65. The Balaban J connectivity index is 2.14. The van der Waals surface area contributed by atoms with Gasteiger partial charge in [0.25, 0.3) is 0 Å². The Hall–Kier alpha value is -1.52. The average Bonchev–Trinajstić information content (AvgIpc) is 2.50. The van der Waals surface area contributed by atoms with E-state index in [0.29, 0.717) is 11.5 Å². The number of carbonyl (C=O) groups excluding carboxylic acids is 1. The lowest BCUT2D eigenvalue weighted by Crippen LogP contribution is -2.34. The smallest absolute Gasteiger partial charge is 0.355 e. The van der Waals surface area contributed by atoms with Crippen LogP contribution in [0.25, 0.3) is 0 Å². The molecule has 0 bridgehead atoms. The van der Waals surface area contributed by atoms with Gasteiger partial charge in [0.15, 0.2) is 5.84 Å². The molecule has 2 aliphatic rings. The second-order valence-corrected chi connectivity index (χ2v) is 3.77. The summed E-state index contributed by atoms with van der Waals surface area (Å²) in [6.45, 7) is 5.61. The average molecular weight is 206 g/mol. The number of urea groups is 1. The molecule has 0 radical (unpaired) electrons. The summed E-state index contributed by atoms with van der Waals surface area (Å²) >= 11 is 0. The lowest BCUT2D eigenvalue weighted by Gasteiger charge is -2.24. The number of nitrogens with zero attached hydrogens (tertiary/aromatic N) is 4. The monoisotopic (exact) mass is 206 g/mol. The van der Waals surface area contributed by atoms with Crippen molar-refractivity contribution in [3.05, 3.63) is 12.3 Å². The van der Waals surface area contributed by atoms with Crippen LogP contribution in [0.4, 0.5) is 4.79 Å². The van der Waals surface area contributed by atoms with Crippen molar-refractivity contribution < 1.29 is 4.79 Å². The van der Waals surface area contributed by atoms with Gasteiger partial charge in [-0.25, -0.2) is 4.79 Å². The van der Waals surface area contributed by atoms with Crippen LogP contribution in [0.2, 0.25) is 0 Å². The lowest BCUT2D eigenvalue weighted by molar-refractivity contribution is 0.254. The molecule has 2 rings (SSSR count). The summed E-state index contributed by atoms with van der Waals surface area (Å²) in [6.07, 6.45) is 4.76. The third-order valence-corrected chi connectivity index (χ3v) is 2.62. The van der Waals surface area contributed by atoms with Gasteiger partial charge in [-0.2, -0.15) is 4.99 Å². The Kier molecular flexibility index (Phi) is 2.89. The van der Waals surface area contributed by atoms with Crippen molar-refractivity contribution in [2.45, 2.75) is 25.7 Å². The molecule has 2 amide bonds. The number of hydrogen-bond donors (Lipinski definition) is 0. The minimum absolute atomic E-state index is 0.497. The van der Waals surface area contributed by atoms with Gasteiger partial charge in [-0.1, -0.05) is 24.5 Å². The summed E-state index contributed by atoms with van der Waals surface area (Å²) in [5.74, 6) is 0.608. The molecule has 0 aromatic rings. The van der Waals surface area contributed by atoms with Crippen LogP contribution < -0.4 is 0 Å². The van der Waals surface area contributed by atoms with Crippen LogP contribution in [-0.2, 0) is 0 Å². The van der Waals surface area contributed by atoms with Crippen LogP contribution in [0.3, 0.4) is 0 Å². The van der Waals surface area contributed by atoms with Crippen molar-refractivity contribution in [3.8, 4) is 0 Å². The van der Waals surface area contributed by atoms with E-state index in [9.17, 15) is 4.79 Å². The molecule has 0 aromatic carbocycles. The zero-order valence-corrected chi connectivity index (χ0v) is 8.65. The second-order valence-electron chi connectivity index (χ2n) is 3.77. The molecule has 1 fully saturated rings. The molecule has 0 spiro atoms. The van der Waals surface area contributed by atoms with Crippen molar-refractivity contribution >= 4 is 11.9 Å². The summed E-state index contributed by atoms with van der Waals surface area (Å²) < 4.78 is 0. The highest BCUT2D eigenvalue weighted by atomic mass is 16.2. The molecule has 0 saturated carbocycles. The maximum atomic E-state index is 11.0. The van der Waals surface area contributed by atoms with E-state index in [1.54, 1.807) is 0 Å². The van der Waals surface area contributed by atoms with Crippen LogP contribution in [0, 0.1) is 0 Å². The quantitative estimate of drug-likeness (QED) is 0.610. The Morgan fingerprint density at radius 3 is 2.40 bits per heavy atom. The summed E-state index contributed by atoms with van der Waals surface area (Å²) in [4.78, 5) is 17.0. The van der Waals surface area contributed by atoms with Crippen molar-refractivity contribution in [1.29, 1.82) is 0 Å². The van der Waals surface area contributed by atoms with E-state index >= 15 is 0 Å². The fraction of sp³-hybridized carbons (Fsp3) is 0.600. The van der Waals surface area contributed by atoms with E-state index in [4.69, 9.17) is 0 Å². The fourth-order valence-electron chi connectivity index (χ4n) is 1.86. The standard InChI is InChI=1S/C10H14N4O/c1-8-9(11-10(15)13-12-8)14-6-4-2-3-5-7-14/h1-7H2. The zero-order chi connectivity index (χ0) is 10.7. The number of amidine groups is 1. The topological polar surface area (TPSA) is 57.4 Å². The first kappa shape index (κ1) is 10.0.